The molecule has 2 aromatic heterocycles. The van der Waals surface area contributed by atoms with Gasteiger partial charge in [0.2, 0.25) is 0 Å². The maximum Gasteiger partial charge on any atom is 0.266 e. The molecule has 1 fully saturated rings. The van der Waals surface area contributed by atoms with E-state index in [1.807, 2.05) is 11.9 Å². The van der Waals surface area contributed by atoms with Gasteiger partial charge in [0.25, 0.3) is 5.91 Å². The number of carbonyl (C=O) groups is 1. The molecule has 0 saturated carbocycles. The van der Waals surface area contributed by atoms with Crippen molar-refractivity contribution < 1.29 is 9.53 Å². The van der Waals surface area contributed by atoms with Crippen molar-refractivity contribution in [3.05, 3.63) is 41.8 Å². The van der Waals surface area contributed by atoms with Crippen LogP contribution in [0.1, 0.15) is 13.8 Å². The molecule has 1 aliphatic heterocycles. The van der Waals surface area contributed by atoms with Crippen LogP contribution in [0.2, 0.25) is 5.02 Å². The van der Waals surface area contributed by atoms with E-state index in [2.05, 4.69) is 20.0 Å². The van der Waals surface area contributed by atoms with Crippen LogP contribution in [0.3, 0.4) is 0 Å². The molecule has 1 aromatic carbocycles. The van der Waals surface area contributed by atoms with Crippen LogP contribution < -0.4 is 9.64 Å². The topological polar surface area (TPSA) is 76.4 Å². The number of carbonyl (C=O) groups excluding carboxylic acids is 1. The summed E-state index contributed by atoms with van der Waals surface area (Å²) in [5, 5.41) is 5.82. The number of amides is 1. The van der Waals surface area contributed by atoms with E-state index in [0.29, 0.717) is 37.0 Å². The number of piperazine rings is 1. The van der Waals surface area contributed by atoms with Gasteiger partial charge in [-0.2, -0.15) is 5.10 Å². The lowest BCUT2D eigenvalue weighted by molar-refractivity contribution is -0.145. The maximum atomic E-state index is 13.1. The number of halogens is 1. The van der Waals surface area contributed by atoms with Crippen molar-refractivity contribution in [1.29, 1.82) is 0 Å². The average Bonchev–Trinajstić information content (AvgIpc) is 3.10. The van der Waals surface area contributed by atoms with Gasteiger partial charge in [-0.15, -0.1) is 0 Å². The van der Waals surface area contributed by atoms with Gasteiger partial charge in [-0.3, -0.25) is 9.48 Å². The zero-order valence-electron chi connectivity index (χ0n) is 16.7. The van der Waals surface area contributed by atoms with Crippen molar-refractivity contribution in [2.45, 2.75) is 19.4 Å². The predicted octanol–water partition coefficient (Wildman–Crippen LogP) is 2.52. The van der Waals surface area contributed by atoms with Crippen molar-refractivity contribution in [1.82, 2.24) is 24.6 Å². The van der Waals surface area contributed by atoms with E-state index in [0.717, 1.165) is 16.9 Å². The lowest BCUT2D eigenvalue weighted by atomic mass is 10.1. The number of hydrogen-bond acceptors (Lipinski definition) is 6. The fourth-order valence-electron chi connectivity index (χ4n) is 3.54. The molecule has 0 spiro atoms. The number of nitrogens with zero attached hydrogens (tertiary/aromatic N) is 6. The average molecular weight is 415 g/mol. The van der Waals surface area contributed by atoms with Crippen molar-refractivity contribution >= 4 is 34.4 Å². The second-order valence-electron chi connectivity index (χ2n) is 7.55. The Morgan fingerprint density at radius 3 is 2.48 bits per heavy atom. The molecule has 0 bridgehead atoms. The van der Waals surface area contributed by atoms with Gasteiger partial charge in [0, 0.05) is 38.2 Å². The van der Waals surface area contributed by atoms with E-state index in [4.69, 9.17) is 16.3 Å². The highest BCUT2D eigenvalue weighted by Gasteiger charge is 2.36. The van der Waals surface area contributed by atoms with Crippen LogP contribution in [0.25, 0.3) is 11.0 Å². The van der Waals surface area contributed by atoms with Gasteiger partial charge in [-0.1, -0.05) is 11.6 Å². The number of fused-ring (bicyclic) bond motifs is 1. The molecule has 0 radical (unpaired) electrons. The Balaban J connectivity index is 1.43. The molecule has 0 aliphatic carbocycles. The van der Waals surface area contributed by atoms with Gasteiger partial charge in [0.15, 0.2) is 11.2 Å². The van der Waals surface area contributed by atoms with Crippen LogP contribution >= 0.6 is 11.6 Å². The number of hydrogen-bond donors (Lipinski definition) is 0. The van der Waals surface area contributed by atoms with Gasteiger partial charge in [0.05, 0.1) is 11.6 Å². The molecule has 9 heteroatoms. The quantitative estimate of drug-likeness (QED) is 0.653. The number of aromatic nitrogens is 4. The van der Waals surface area contributed by atoms with E-state index in [1.165, 1.54) is 0 Å². The van der Waals surface area contributed by atoms with Crippen LogP contribution in [-0.4, -0.2) is 62.3 Å². The highest BCUT2D eigenvalue weighted by atomic mass is 35.5. The van der Waals surface area contributed by atoms with Crippen LogP contribution in [0.5, 0.6) is 5.75 Å². The fourth-order valence-corrected chi connectivity index (χ4v) is 3.67. The summed E-state index contributed by atoms with van der Waals surface area (Å²) in [4.78, 5) is 25.8. The van der Waals surface area contributed by atoms with Gasteiger partial charge >= 0.3 is 0 Å². The monoisotopic (exact) mass is 414 g/mol. The summed E-state index contributed by atoms with van der Waals surface area (Å²) < 4.78 is 7.68. The molecule has 4 rings (SSSR count). The number of ether oxygens (including phenoxy) is 1. The lowest BCUT2D eigenvalue weighted by Gasteiger charge is -2.39. The molecular formula is C20H23ClN6O2. The first-order valence-corrected chi connectivity index (χ1v) is 9.84. The Hall–Kier alpha value is -2.87. The van der Waals surface area contributed by atoms with Crippen molar-refractivity contribution in [3.63, 3.8) is 0 Å². The van der Waals surface area contributed by atoms with Crippen LogP contribution in [0.4, 0.5) is 5.82 Å². The van der Waals surface area contributed by atoms with Crippen LogP contribution in [-0.2, 0) is 11.8 Å². The molecule has 152 valence electrons. The largest absolute Gasteiger partial charge is 0.478 e. The minimum Gasteiger partial charge on any atom is -0.478 e. The van der Waals surface area contributed by atoms with Crippen molar-refractivity contribution in [3.8, 4) is 5.75 Å². The van der Waals surface area contributed by atoms with Gasteiger partial charge in [-0.05, 0) is 38.1 Å². The predicted molar refractivity (Wildman–Crippen MR) is 111 cm³/mol. The van der Waals surface area contributed by atoms with Gasteiger partial charge in [0.1, 0.15) is 17.9 Å². The first-order valence-electron chi connectivity index (χ1n) is 9.47. The Morgan fingerprint density at radius 1 is 1.10 bits per heavy atom. The summed E-state index contributed by atoms with van der Waals surface area (Å²) in [5.74, 6) is 1.43. The molecule has 8 nitrogen and oxygen atoms in total. The van der Waals surface area contributed by atoms with Crippen molar-refractivity contribution in [2.24, 2.45) is 7.05 Å². The normalized spacial score (nSPS) is 15.0. The Morgan fingerprint density at radius 2 is 1.79 bits per heavy atom. The standard InChI is InChI=1S/C20H23ClN6O2/c1-20(2,29-15-6-4-14(21)5-7-15)19(28)27-10-8-26(9-11-27)18-16-12-24-25(3)17(16)22-13-23-18/h4-7,12-13H,8-11H2,1-3H3. The lowest BCUT2D eigenvalue weighted by Crippen LogP contribution is -2.56. The Bertz CT molecular complexity index is 1030. The molecular weight excluding hydrogens is 392 g/mol. The SMILES string of the molecule is Cn1ncc2c(N3CCN(C(=O)C(C)(C)Oc4ccc(Cl)cc4)CC3)ncnc21. The van der Waals surface area contributed by atoms with Crippen molar-refractivity contribution in [2.75, 3.05) is 31.1 Å². The number of rotatable bonds is 4. The first kappa shape index (κ1) is 19.4. The zero-order chi connectivity index (χ0) is 20.6. The third-order valence-corrected chi connectivity index (χ3v) is 5.33. The summed E-state index contributed by atoms with van der Waals surface area (Å²) in [6.07, 6.45) is 3.34. The summed E-state index contributed by atoms with van der Waals surface area (Å²) in [6, 6.07) is 7.03. The molecule has 1 saturated heterocycles. The molecule has 0 N–H and O–H groups in total. The first-order chi connectivity index (χ1) is 13.8. The second-order valence-corrected chi connectivity index (χ2v) is 7.98. The molecule has 0 atom stereocenters. The minimum absolute atomic E-state index is 0.0405. The summed E-state index contributed by atoms with van der Waals surface area (Å²) in [5.41, 5.74) is -0.173. The third-order valence-electron chi connectivity index (χ3n) is 5.08. The van der Waals surface area contributed by atoms with E-state index in [-0.39, 0.29) is 5.91 Å². The summed E-state index contributed by atoms with van der Waals surface area (Å²) in [6.45, 7) is 6.14. The van der Waals surface area contributed by atoms with Gasteiger partial charge < -0.3 is 14.5 Å². The zero-order valence-corrected chi connectivity index (χ0v) is 17.4. The molecule has 3 heterocycles. The second kappa shape index (κ2) is 7.51. The highest BCUT2D eigenvalue weighted by molar-refractivity contribution is 6.30. The third kappa shape index (κ3) is 3.85. The molecule has 3 aromatic rings. The smallest absolute Gasteiger partial charge is 0.266 e. The molecule has 29 heavy (non-hydrogen) atoms. The summed E-state index contributed by atoms with van der Waals surface area (Å²) in [7, 11) is 1.86. The van der Waals surface area contributed by atoms with E-state index in [1.54, 1.807) is 55.3 Å². The van der Waals surface area contributed by atoms with Gasteiger partial charge in [-0.25, -0.2) is 9.97 Å². The Kier molecular flexibility index (Phi) is 5.04. The fraction of sp³-hybridized carbons (Fsp3) is 0.400. The van der Waals surface area contributed by atoms with E-state index < -0.39 is 5.60 Å². The highest BCUT2D eigenvalue weighted by Crippen LogP contribution is 2.25. The number of anilines is 1. The molecule has 1 amide bonds. The Labute approximate surface area is 174 Å². The van der Waals surface area contributed by atoms with Crippen LogP contribution in [0, 0.1) is 0 Å². The molecule has 0 unspecified atom stereocenters. The van der Waals surface area contributed by atoms with Crippen LogP contribution in [0.15, 0.2) is 36.8 Å². The summed E-state index contributed by atoms with van der Waals surface area (Å²) >= 11 is 5.92. The molecule has 1 aliphatic rings. The number of aryl methyl sites for hydroxylation is 1. The maximum absolute atomic E-state index is 13.1. The van der Waals surface area contributed by atoms with E-state index in [9.17, 15) is 4.79 Å². The minimum atomic E-state index is -0.971. The number of benzene rings is 1. The van der Waals surface area contributed by atoms with E-state index >= 15 is 0 Å².